The number of sulfonamides is 1. The van der Waals surface area contributed by atoms with Crippen molar-refractivity contribution in [3.05, 3.63) is 42.0 Å². The Hall–Kier alpha value is -3.11. The van der Waals surface area contributed by atoms with E-state index in [0.717, 1.165) is 19.3 Å². The number of aldehydes is 1. The van der Waals surface area contributed by atoms with E-state index in [4.69, 9.17) is 14.2 Å². The third-order valence-corrected chi connectivity index (χ3v) is 7.00. The molecule has 3 rings (SSSR count). The summed E-state index contributed by atoms with van der Waals surface area (Å²) in [7, 11) is -0.770. The van der Waals surface area contributed by atoms with Crippen LogP contribution >= 0.6 is 0 Å². The van der Waals surface area contributed by atoms with E-state index < -0.39 is 15.9 Å². The van der Waals surface area contributed by atoms with E-state index in [1.165, 1.54) is 48.9 Å². The molecule has 0 atom stereocenters. The van der Waals surface area contributed by atoms with Gasteiger partial charge in [-0.1, -0.05) is 6.42 Å². The van der Waals surface area contributed by atoms with Gasteiger partial charge < -0.3 is 19.5 Å². The first kappa shape index (κ1) is 23.6. The molecule has 2 aromatic carbocycles. The summed E-state index contributed by atoms with van der Waals surface area (Å²) in [4.78, 5) is 23.8. The molecule has 172 valence electrons. The fourth-order valence-corrected chi connectivity index (χ4v) is 4.95. The molecule has 1 heterocycles. The van der Waals surface area contributed by atoms with E-state index in [9.17, 15) is 18.0 Å². The zero-order valence-electron chi connectivity index (χ0n) is 18.0. The van der Waals surface area contributed by atoms with Crippen LogP contribution in [0.2, 0.25) is 0 Å². The van der Waals surface area contributed by atoms with Crippen LogP contribution in [0, 0.1) is 0 Å². The summed E-state index contributed by atoms with van der Waals surface area (Å²) >= 11 is 0. The Bertz CT molecular complexity index is 1080. The molecule has 0 radical (unpaired) electrons. The van der Waals surface area contributed by atoms with E-state index in [1.807, 2.05) is 0 Å². The lowest BCUT2D eigenvalue weighted by Crippen LogP contribution is -2.35. The maximum absolute atomic E-state index is 13.0. The van der Waals surface area contributed by atoms with E-state index >= 15 is 0 Å². The summed E-state index contributed by atoms with van der Waals surface area (Å²) < 4.78 is 43.2. The molecule has 0 aromatic heterocycles. The Morgan fingerprint density at radius 1 is 1.03 bits per heavy atom. The fraction of sp³-hybridized carbons (Fsp3) is 0.364. The molecule has 1 fully saturated rings. The summed E-state index contributed by atoms with van der Waals surface area (Å²) in [5.41, 5.74) is 0.453. The summed E-state index contributed by atoms with van der Waals surface area (Å²) in [5, 5.41) is 2.62. The molecule has 1 amide bonds. The largest absolute Gasteiger partial charge is 0.497 e. The van der Waals surface area contributed by atoms with Gasteiger partial charge in [0.25, 0.3) is 5.91 Å². The highest BCUT2D eigenvalue weighted by atomic mass is 32.2. The second kappa shape index (κ2) is 10.5. The predicted octanol–water partition coefficient (Wildman–Crippen LogP) is 2.71. The molecule has 9 nitrogen and oxygen atoms in total. The molecule has 2 aromatic rings. The first-order valence-corrected chi connectivity index (χ1v) is 11.6. The Morgan fingerprint density at radius 2 is 1.75 bits per heavy atom. The number of carbonyl (C=O) groups is 2. The van der Waals surface area contributed by atoms with Gasteiger partial charge in [-0.15, -0.1) is 0 Å². The quantitative estimate of drug-likeness (QED) is 0.570. The summed E-state index contributed by atoms with van der Waals surface area (Å²) in [6, 6.07) is 8.98. The van der Waals surface area contributed by atoms with Crippen molar-refractivity contribution in [3.63, 3.8) is 0 Å². The van der Waals surface area contributed by atoms with Crippen molar-refractivity contribution in [1.82, 2.24) is 4.31 Å². The smallest absolute Gasteiger partial charge is 0.262 e. The number of hydrogen-bond acceptors (Lipinski definition) is 7. The lowest BCUT2D eigenvalue weighted by Gasteiger charge is -2.26. The number of rotatable bonds is 9. The van der Waals surface area contributed by atoms with Crippen LogP contribution in [0.3, 0.4) is 0 Å². The minimum absolute atomic E-state index is 0.0785. The lowest BCUT2D eigenvalue weighted by atomic mass is 10.2. The Balaban J connectivity index is 1.74. The van der Waals surface area contributed by atoms with Crippen LogP contribution in [-0.4, -0.2) is 58.8 Å². The zero-order chi connectivity index (χ0) is 23.1. The van der Waals surface area contributed by atoms with Crippen LogP contribution in [0.15, 0.2) is 41.3 Å². The second-order valence-electron chi connectivity index (χ2n) is 7.19. The van der Waals surface area contributed by atoms with Gasteiger partial charge in [0.05, 0.1) is 30.4 Å². The standard InChI is InChI=1S/C22H26N2O7S/c1-29-17-6-8-20(16(12-17)14-25)31-15-22(26)23-19-13-18(7-9-21(19)30-2)32(27,28)24-10-4-3-5-11-24/h6-9,12-14H,3-5,10-11,15H2,1-2H3,(H,23,26). The monoisotopic (exact) mass is 462 g/mol. The number of ether oxygens (including phenoxy) is 3. The molecule has 0 bridgehead atoms. The van der Waals surface area contributed by atoms with Crippen LogP contribution < -0.4 is 19.5 Å². The molecule has 1 saturated heterocycles. The lowest BCUT2D eigenvalue weighted by molar-refractivity contribution is -0.118. The van der Waals surface area contributed by atoms with Gasteiger partial charge in [0.1, 0.15) is 17.2 Å². The van der Waals surface area contributed by atoms with Crippen molar-refractivity contribution in [2.24, 2.45) is 0 Å². The Morgan fingerprint density at radius 3 is 2.41 bits per heavy atom. The zero-order valence-corrected chi connectivity index (χ0v) is 18.8. The maximum Gasteiger partial charge on any atom is 0.262 e. The van der Waals surface area contributed by atoms with Crippen LogP contribution in [0.4, 0.5) is 5.69 Å². The minimum Gasteiger partial charge on any atom is -0.497 e. The van der Waals surface area contributed by atoms with Crippen molar-refractivity contribution >= 4 is 27.9 Å². The molecule has 1 aliphatic rings. The van der Waals surface area contributed by atoms with E-state index in [0.29, 0.717) is 30.9 Å². The average Bonchev–Trinajstić information content (AvgIpc) is 2.83. The van der Waals surface area contributed by atoms with Crippen molar-refractivity contribution in [1.29, 1.82) is 0 Å². The molecule has 0 aliphatic carbocycles. The Labute approximate surface area is 187 Å². The number of nitrogens with one attached hydrogen (secondary N) is 1. The number of methoxy groups -OCH3 is 2. The van der Waals surface area contributed by atoms with Crippen LogP contribution in [0.25, 0.3) is 0 Å². The number of carbonyl (C=O) groups excluding carboxylic acids is 2. The van der Waals surface area contributed by atoms with Gasteiger partial charge in [-0.3, -0.25) is 9.59 Å². The summed E-state index contributed by atoms with van der Waals surface area (Å²) in [6.45, 7) is 0.565. The highest BCUT2D eigenvalue weighted by Gasteiger charge is 2.27. The van der Waals surface area contributed by atoms with Gasteiger partial charge in [-0.25, -0.2) is 8.42 Å². The van der Waals surface area contributed by atoms with Crippen molar-refractivity contribution in [2.45, 2.75) is 24.2 Å². The minimum atomic E-state index is -3.67. The first-order chi connectivity index (χ1) is 15.4. The van der Waals surface area contributed by atoms with Gasteiger partial charge in [0, 0.05) is 13.1 Å². The van der Waals surface area contributed by atoms with Crippen LogP contribution in [-0.2, 0) is 14.8 Å². The molecule has 32 heavy (non-hydrogen) atoms. The van der Waals surface area contributed by atoms with Crippen molar-refractivity contribution in [2.75, 3.05) is 39.2 Å². The fourth-order valence-electron chi connectivity index (χ4n) is 3.41. The molecule has 0 unspecified atom stereocenters. The van der Waals surface area contributed by atoms with Crippen molar-refractivity contribution < 1.29 is 32.2 Å². The number of anilines is 1. The average molecular weight is 463 g/mol. The number of benzene rings is 2. The van der Waals surface area contributed by atoms with Crippen molar-refractivity contribution in [3.8, 4) is 17.2 Å². The van der Waals surface area contributed by atoms with Gasteiger partial charge in [-0.05, 0) is 49.2 Å². The normalized spacial score (nSPS) is 14.4. The Kier molecular flexibility index (Phi) is 7.70. The van der Waals surface area contributed by atoms with E-state index in [2.05, 4.69) is 5.32 Å². The van der Waals surface area contributed by atoms with E-state index in [-0.39, 0.29) is 28.5 Å². The second-order valence-corrected chi connectivity index (χ2v) is 9.12. The summed E-state index contributed by atoms with van der Waals surface area (Å²) in [6.07, 6.45) is 3.26. The maximum atomic E-state index is 13.0. The third kappa shape index (κ3) is 5.38. The SMILES string of the molecule is COc1ccc(OCC(=O)Nc2cc(S(=O)(=O)N3CCCCC3)ccc2OC)c(C=O)c1. The number of hydrogen-bond donors (Lipinski definition) is 1. The number of amides is 1. The molecular formula is C22H26N2O7S. The topological polar surface area (TPSA) is 111 Å². The van der Waals surface area contributed by atoms with Gasteiger partial charge in [-0.2, -0.15) is 4.31 Å². The highest BCUT2D eigenvalue weighted by Crippen LogP contribution is 2.30. The molecule has 10 heteroatoms. The predicted molar refractivity (Wildman–Crippen MR) is 118 cm³/mol. The number of piperidine rings is 1. The molecular weight excluding hydrogens is 436 g/mol. The third-order valence-electron chi connectivity index (χ3n) is 5.10. The van der Waals surface area contributed by atoms with Gasteiger partial charge in [0.15, 0.2) is 12.9 Å². The molecule has 1 aliphatic heterocycles. The van der Waals surface area contributed by atoms with E-state index in [1.54, 1.807) is 6.07 Å². The highest BCUT2D eigenvalue weighted by molar-refractivity contribution is 7.89. The molecule has 0 saturated carbocycles. The molecule has 0 spiro atoms. The van der Waals surface area contributed by atoms with Gasteiger partial charge >= 0.3 is 0 Å². The molecule has 1 N–H and O–H groups in total. The van der Waals surface area contributed by atoms with Gasteiger partial charge in [0.2, 0.25) is 10.0 Å². The summed E-state index contributed by atoms with van der Waals surface area (Å²) in [5.74, 6) is 0.488. The first-order valence-electron chi connectivity index (χ1n) is 10.1. The number of nitrogens with zero attached hydrogens (tertiary/aromatic N) is 1. The van der Waals surface area contributed by atoms with Crippen LogP contribution in [0.5, 0.6) is 17.2 Å². The van der Waals surface area contributed by atoms with Crippen LogP contribution in [0.1, 0.15) is 29.6 Å².